The zero-order chi connectivity index (χ0) is 19.6. The van der Waals surface area contributed by atoms with E-state index < -0.39 is 5.91 Å². The molecule has 2 aromatic carbocycles. The minimum atomic E-state index is -0.480. The van der Waals surface area contributed by atoms with Crippen molar-refractivity contribution < 1.29 is 4.79 Å². The second-order valence-corrected chi connectivity index (χ2v) is 7.38. The van der Waals surface area contributed by atoms with Gasteiger partial charge in [0.1, 0.15) is 6.54 Å². The van der Waals surface area contributed by atoms with Gasteiger partial charge in [0, 0.05) is 18.8 Å². The lowest BCUT2D eigenvalue weighted by atomic mass is 9.72. The summed E-state index contributed by atoms with van der Waals surface area (Å²) in [4.78, 5) is 14.9. The number of hydrogen-bond donors (Lipinski definition) is 1. The van der Waals surface area contributed by atoms with Gasteiger partial charge >= 0.3 is 0 Å². The molecule has 28 heavy (non-hydrogen) atoms. The molecule has 0 bridgehead atoms. The highest BCUT2D eigenvalue weighted by molar-refractivity contribution is 5.73. The first-order valence-corrected chi connectivity index (χ1v) is 9.51. The van der Waals surface area contributed by atoms with Crippen LogP contribution in [0.3, 0.4) is 0 Å². The Morgan fingerprint density at radius 2 is 1.75 bits per heavy atom. The van der Waals surface area contributed by atoms with Gasteiger partial charge in [0.15, 0.2) is 5.82 Å². The lowest BCUT2D eigenvalue weighted by molar-refractivity contribution is -0.119. The van der Waals surface area contributed by atoms with E-state index in [0.29, 0.717) is 5.82 Å². The number of amides is 1. The maximum Gasteiger partial charge on any atom is 0.241 e. The maximum absolute atomic E-state index is 11.2. The van der Waals surface area contributed by atoms with Crippen molar-refractivity contribution in [3.05, 3.63) is 71.5 Å². The third kappa shape index (κ3) is 3.47. The van der Waals surface area contributed by atoms with Crippen LogP contribution in [0, 0.1) is 6.92 Å². The van der Waals surface area contributed by atoms with Crippen LogP contribution in [0.1, 0.15) is 29.8 Å². The number of primary amides is 1. The van der Waals surface area contributed by atoms with Crippen molar-refractivity contribution in [3.8, 4) is 0 Å². The molecule has 7 heteroatoms. The molecule has 1 aliphatic rings. The van der Waals surface area contributed by atoms with Crippen LogP contribution in [0.15, 0.2) is 54.6 Å². The summed E-state index contributed by atoms with van der Waals surface area (Å²) in [5.74, 6) is 0.176. The zero-order valence-electron chi connectivity index (χ0n) is 16.0. The van der Waals surface area contributed by atoms with E-state index in [-0.39, 0.29) is 12.0 Å². The van der Waals surface area contributed by atoms with Crippen molar-refractivity contribution in [2.24, 2.45) is 5.73 Å². The summed E-state index contributed by atoms with van der Waals surface area (Å²) in [6.07, 6.45) is 1.74. The van der Waals surface area contributed by atoms with Crippen LogP contribution in [0.25, 0.3) is 0 Å². The Kier molecular flexibility index (Phi) is 4.81. The fourth-order valence-corrected chi connectivity index (χ4v) is 3.94. The molecule has 1 saturated heterocycles. The number of tetrazole rings is 1. The van der Waals surface area contributed by atoms with E-state index in [0.717, 1.165) is 25.9 Å². The van der Waals surface area contributed by atoms with Crippen molar-refractivity contribution >= 4 is 11.6 Å². The number of anilines is 1. The first-order chi connectivity index (χ1) is 13.6. The molecule has 1 amide bonds. The molecule has 7 nitrogen and oxygen atoms in total. The van der Waals surface area contributed by atoms with Gasteiger partial charge in [-0.2, -0.15) is 4.80 Å². The molecule has 1 fully saturated rings. The quantitative estimate of drug-likeness (QED) is 0.736. The van der Waals surface area contributed by atoms with Gasteiger partial charge in [0.05, 0.1) is 5.41 Å². The van der Waals surface area contributed by atoms with Gasteiger partial charge in [-0.1, -0.05) is 48.0 Å². The minimum Gasteiger partial charge on any atom is -0.371 e. The molecule has 0 unspecified atom stereocenters. The molecule has 0 spiro atoms. The highest BCUT2D eigenvalue weighted by atomic mass is 16.1. The Bertz CT molecular complexity index is 943. The summed E-state index contributed by atoms with van der Waals surface area (Å²) in [7, 11) is 0. The molecule has 0 radical (unpaired) electrons. The Hall–Kier alpha value is -3.22. The van der Waals surface area contributed by atoms with Crippen molar-refractivity contribution in [1.29, 1.82) is 0 Å². The van der Waals surface area contributed by atoms with Crippen LogP contribution in [-0.2, 0) is 16.8 Å². The van der Waals surface area contributed by atoms with Crippen molar-refractivity contribution in [2.45, 2.75) is 31.7 Å². The summed E-state index contributed by atoms with van der Waals surface area (Å²) in [6.45, 7) is 3.82. The van der Waals surface area contributed by atoms with Gasteiger partial charge < -0.3 is 10.6 Å². The molecule has 1 aliphatic heterocycles. The molecule has 0 aliphatic carbocycles. The number of nitrogens with two attached hydrogens (primary N) is 1. The largest absolute Gasteiger partial charge is 0.371 e. The second-order valence-electron chi connectivity index (χ2n) is 7.38. The van der Waals surface area contributed by atoms with Crippen LogP contribution in [0.5, 0.6) is 0 Å². The number of aryl methyl sites for hydroxylation is 1. The van der Waals surface area contributed by atoms with Gasteiger partial charge in [-0.3, -0.25) is 4.79 Å². The summed E-state index contributed by atoms with van der Waals surface area (Å²) in [5.41, 5.74) is 8.62. The predicted molar refractivity (Wildman–Crippen MR) is 107 cm³/mol. The van der Waals surface area contributed by atoms with Crippen LogP contribution in [0.2, 0.25) is 0 Å². The van der Waals surface area contributed by atoms with E-state index in [9.17, 15) is 4.79 Å². The normalized spacial score (nSPS) is 16.1. The summed E-state index contributed by atoms with van der Waals surface area (Å²) in [6, 6.07) is 19.0. The molecule has 1 aromatic heterocycles. The second kappa shape index (κ2) is 7.42. The average Bonchev–Trinajstić information content (AvgIpc) is 3.18. The van der Waals surface area contributed by atoms with Crippen LogP contribution in [0.4, 0.5) is 5.69 Å². The minimum absolute atomic E-state index is 0.0621. The number of aromatic nitrogens is 4. The van der Waals surface area contributed by atoms with E-state index in [1.165, 1.54) is 21.6 Å². The van der Waals surface area contributed by atoms with E-state index >= 15 is 0 Å². The number of carbonyl (C=O) groups is 1. The standard InChI is InChI=1S/C21H24N6O/c1-16-7-9-18(10-8-16)26-13-11-21(12-14-26,17-5-3-2-4-6-17)20-23-25-27(24-20)15-19(22)28/h2-10H,11-15H2,1H3,(H2,22,28). The first-order valence-electron chi connectivity index (χ1n) is 9.51. The van der Waals surface area contributed by atoms with Crippen molar-refractivity contribution in [3.63, 3.8) is 0 Å². The lowest BCUT2D eigenvalue weighted by Gasteiger charge is -2.41. The third-order valence-electron chi connectivity index (χ3n) is 5.52. The van der Waals surface area contributed by atoms with E-state index in [1.807, 2.05) is 18.2 Å². The van der Waals surface area contributed by atoms with E-state index in [4.69, 9.17) is 5.73 Å². The van der Waals surface area contributed by atoms with Gasteiger partial charge in [-0.15, -0.1) is 10.2 Å². The Labute approximate surface area is 164 Å². The molecule has 3 aromatic rings. The molecule has 0 atom stereocenters. The third-order valence-corrected chi connectivity index (χ3v) is 5.52. The Morgan fingerprint density at radius 3 is 2.39 bits per heavy atom. The number of carbonyl (C=O) groups excluding carboxylic acids is 1. The van der Waals surface area contributed by atoms with Crippen LogP contribution < -0.4 is 10.6 Å². The molecule has 0 saturated carbocycles. The molecular formula is C21H24N6O. The van der Waals surface area contributed by atoms with Crippen molar-refractivity contribution in [2.75, 3.05) is 18.0 Å². The topological polar surface area (TPSA) is 89.9 Å². The first kappa shape index (κ1) is 18.2. The maximum atomic E-state index is 11.2. The SMILES string of the molecule is Cc1ccc(N2CCC(c3ccccc3)(c3nnn(CC(N)=O)n3)CC2)cc1. The number of benzene rings is 2. The van der Waals surface area contributed by atoms with Gasteiger partial charge in [-0.25, -0.2) is 0 Å². The zero-order valence-corrected chi connectivity index (χ0v) is 16.0. The monoisotopic (exact) mass is 376 g/mol. The molecule has 144 valence electrons. The van der Waals surface area contributed by atoms with Gasteiger partial charge in [0.2, 0.25) is 5.91 Å². The lowest BCUT2D eigenvalue weighted by Crippen LogP contribution is -2.44. The highest BCUT2D eigenvalue weighted by Crippen LogP contribution is 2.40. The number of piperidine rings is 1. The fraction of sp³-hybridized carbons (Fsp3) is 0.333. The van der Waals surface area contributed by atoms with Crippen LogP contribution >= 0.6 is 0 Å². The number of hydrogen-bond acceptors (Lipinski definition) is 5. The van der Waals surface area contributed by atoms with Gasteiger partial charge in [0.25, 0.3) is 0 Å². The average molecular weight is 376 g/mol. The predicted octanol–water partition coefficient (Wildman–Crippen LogP) is 2.05. The smallest absolute Gasteiger partial charge is 0.241 e. The summed E-state index contributed by atoms with van der Waals surface area (Å²) >= 11 is 0. The summed E-state index contributed by atoms with van der Waals surface area (Å²) in [5, 5.41) is 12.9. The molecule has 2 heterocycles. The number of nitrogens with zero attached hydrogens (tertiary/aromatic N) is 5. The van der Waals surface area contributed by atoms with E-state index in [2.05, 4.69) is 63.6 Å². The van der Waals surface area contributed by atoms with Gasteiger partial charge in [-0.05, 0) is 42.7 Å². The van der Waals surface area contributed by atoms with Crippen LogP contribution in [-0.4, -0.2) is 39.2 Å². The van der Waals surface area contributed by atoms with E-state index in [1.54, 1.807) is 0 Å². The Morgan fingerprint density at radius 1 is 1.07 bits per heavy atom. The van der Waals surface area contributed by atoms with Crippen molar-refractivity contribution in [1.82, 2.24) is 20.2 Å². The molecular weight excluding hydrogens is 352 g/mol. The molecule has 2 N–H and O–H groups in total. The highest BCUT2D eigenvalue weighted by Gasteiger charge is 2.41. The summed E-state index contributed by atoms with van der Waals surface area (Å²) < 4.78 is 0. The molecule has 4 rings (SSSR count). The number of rotatable bonds is 5. The Balaban J connectivity index is 1.64. The fourth-order valence-electron chi connectivity index (χ4n) is 3.94.